The molecule has 0 fully saturated rings. The van der Waals surface area contributed by atoms with Gasteiger partial charge in [-0.2, -0.15) is 0 Å². The molecule has 0 amide bonds. The van der Waals surface area contributed by atoms with Crippen molar-refractivity contribution in [3.8, 4) is 0 Å². The van der Waals surface area contributed by atoms with E-state index < -0.39 is 12.1 Å². The molecule has 1 atom stereocenters. The Balaban J connectivity index is 2.43. The zero-order chi connectivity index (χ0) is 11.3. The molecule has 4 heteroatoms. The first-order valence-corrected chi connectivity index (χ1v) is 4.78. The molecule has 0 aliphatic heterocycles. The van der Waals surface area contributed by atoms with Crippen molar-refractivity contribution in [2.45, 2.75) is 12.5 Å². The molecule has 0 aromatic heterocycles. The van der Waals surface area contributed by atoms with Gasteiger partial charge >= 0.3 is 5.97 Å². The zero-order valence-electron chi connectivity index (χ0n) is 8.63. The lowest BCUT2D eigenvalue weighted by Crippen LogP contribution is -2.27. The molecule has 0 heterocycles. The minimum Gasteiger partial charge on any atom is -0.479 e. The number of aliphatic hydroxyl groups is 1. The maximum atomic E-state index is 10.4. The first-order valence-electron chi connectivity index (χ1n) is 4.78. The van der Waals surface area contributed by atoms with Crippen LogP contribution in [-0.2, 0) is 4.79 Å². The lowest BCUT2D eigenvalue weighted by Gasteiger charge is -2.19. The van der Waals surface area contributed by atoms with Crippen LogP contribution in [0.3, 0.4) is 0 Å². The number of aliphatic carboxylic acids is 1. The molecular formula is C11H15NO3. The van der Waals surface area contributed by atoms with Crippen LogP contribution in [0, 0.1) is 0 Å². The van der Waals surface area contributed by atoms with Crippen molar-refractivity contribution in [2.75, 3.05) is 18.5 Å². The van der Waals surface area contributed by atoms with Crippen molar-refractivity contribution in [2.24, 2.45) is 0 Å². The minimum atomic E-state index is -1.28. The van der Waals surface area contributed by atoms with Gasteiger partial charge in [-0.05, 0) is 12.1 Å². The molecule has 0 saturated carbocycles. The summed E-state index contributed by atoms with van der Waals surface area (Å²) in [7, 11) is 1.86. The summed E-state index contributed by atoms with van der Waals surface area (Å²) in [6.07, 6.45) is -1.06. The van der Waals surface area contributed by atoms with Gasteiger partial charge in [0.05, 0.1) is 0 Å². The van der Waals surface area contributed by atoms with Gasteiger partial charge in [-0.15, -0.1) is 0 Å². The number of para-hydroxylation sites is 1. The van der Waals surface area contributed by atoms with E-state index in [0.717, 1.165) is 5.69 Å². The fraction of sp³-hybridized carbons (Fsp3) is 0.364. The highest BCUT2D eigenvalue weighted by Crippen LogP contribution is 2.11. The number of anilines is 1. The third kappa shape index (κ3) is 3.59. The van der Waals surface area contributed by atoms with Gasteiger partial charge in [0.2, 0.25) is 0 Å². The van der Waals surface area contributed by atoms with E-state index in [9.17, 15) is 4.79 Å². The molecule has 0 radical (unpaired) electrons. The van der Waals surface area contributed by atoms with Crippen molar-refractivity contribution in [3.63, 3.8) is 0 Å². The second-order valence-corrected chi connectivity index (χ2v) is 3.40. The van der Waals surface area contributed by atoms with Crippen LogP contribution in [-0.4, -0.2) is 35.9 Å². The largest absolute Gasteiger partial charge is 0.479 e. The van der Waals surface area contributed by atoms with Crippen LogP contribution < -0.4 is 4.90 Å². The molecule has 0 aliphatic rings. The minimum absolute atomic E-state index is 0.223. The number of benzene rings is 1. The summed E-state index contributed by atoms with van der Waals surface area (Å²) in [5.74, 6) is -1.17. The first-order chi connectivity index (χ1) is 7.11. The molecule has 1 unspecified atom stereocenters. The highest BCUT2D eigenvalue weighted by molar-refractivity contribution is 5.71. The van der Waals surface area contributed by atoms with E-state index in [1.54, 1.807) is 0 Å². The fourth-order valence-corrected chi connectivity index (χ4v) is 1.25. The van der Waals surface area contributed by atoms with E-state index >= 15 is 0 Å². The average Bonchev–Trinajstić information content (AvgIpc) is 2.26. The zero-order valence-corrected chi connectivity index (χ0v) is 8.63. The van der Waals surface area contributed by atoms with E-state index in [1.807, 2.05) is 42.3 Å². The maximum Gasteiger partial charge on any atom is 0.332 e. The summed E-state index contributed by atoms with van der Waals surface area (Å²) < 4.78 is 0. The Hall–Kier alpha value is -1.55. The second-order valence-electron chi connectivity index (χ2n) is 3.40. The van der Waals surface area contributed by atoms with E-state index in [-0.39, 0.29) is 6.42 Å². The maximum absolute atomic E-state index is 10.4. The fourth-order valence-electron chi connectivity index (χ4n) is 1.25. The average molecular weight is 209 g/mol. The van der Waals surface area contributed by atoms with Gasteiger partial charge in [0.15, 0.2) is 6.10 Å². The lowest BCUT2D eigenvalue weighted by molar-refractivity contribution is -0.146. The predicted octanol–water partition coefficient (Wildman–Crippen LogP) is 0.958. The van der Waals surface area contributed by atoms with Crippen molar-refractivity contribution in [3.05, 3.63) is 30.3 Å². The molecule has 0 spiro atoms. The van der Waals surface area contributed by atoms with Gasteiger partial charge in [0.25, 0.3) is 0 Å². The highest BCUT2D eigenvalue weighted by Gasteiger charge is 2.13. The molecule has 82 valence electrons. The molecule has 0 bridgehead atoms. The number of hydrogen-bond acceptors (Lipinski definition) is 3. The molecule has 1 rings (SSSR count). The number of carboxylic acids is 1. The van der Waals surface area contributed by atoms with Gasteiger partial charge < -0.3 is 15.1 Å². The molecule has 2 N–H and O–H groups in total. The van der Waals surface area contributed by atoms with E-state index in [1.165, 1.54) is 0 Å². The summed E-state index contributed by atoms with van der Waals surface area (Å²) in [4.78, 5) is 12.3. The quantitative estimate of drug-likeness (QED) is 0.758. The van der Waals surface area contributed by atoms with Crippen LogP contribution in [0.4, 0.5) is 5.69 Å². The van der Waals surface area contributed by atoms with Crippen molar-refractivity contribution < 1.29 is 15.0 Å². The number of carbonyl (C=O) groups is 1. The van der Waals surface area contributed by atoms with Gasteiger partial charge in [-0.1, -0.05) is 18.2 Å². The van der Waals surface area contributed by atoms with Crippen LogP contribution in [0.2, 0.25) is 0 Å². The Kier molecular flexibility index (Phi) is 4.12. The summed E-state index contributed by atoms with van der Waals surface area (Å²) in [6.45, 7) is 0.511. The van der Waals surface area contributed by atoms with Gasteiger partial charge in [0.1, 0.15) is 0 Å². The normalized spacial score (nSPS) is 12.1. The predicted molar refractivity (Wildman–Crippen MR) is 58.0 cm³/mol. The Bertz CT molecular complexity index is 313. The Morgan fingerprint density at radius 3 is 2.53 bits per heavy atom. The second kappa shape index (κ2) is 5.36. The van der Waals surface area contributed by atoms with Crippen molar-refractivity contribution >= 4 is 11.7 Å². The molecule has 4 nitrogen and oxygen atoms in total. The molecular weight excluding hydrogens is 194 g/mol. The van der Waals surface area contributed by atoms with Crippen LogP contribution in [0.1, 0.15) is 6.42 Å². The summed E-state index contributed by atoms with van der Waals surface area (Å²) in [5.41, 5.74) is 1.01. The van der Waals surface area contributed by atoms with Crippen molar-refractivity contribution in [1.82, 2.24) is 0 Å². The van der Waals surface area contributed by atoms with Gasteiger partial charge in [0, 0.05) is 25.7 Å². The highest BCUT2D eigenvalue weighted by atomic mass is 16.4. The van der Waals surface area contributed by atoms with Crippen LogP contribution in [0.25, 0.3) is 0 Å². The number of aliphatic hydroxyl groups excluding tert-OH is 1. The molecule has 0 saturated heterocycles. The molecule has 15 heavy (non-hydrogen) atoms. The molecule has 0 aliphatic carbocycles. The third-order valence-electron chi connectivity index (χ3n) is 2.22. The molecule has 1 aromatic rings. The van der Waals surface area contributed by atoms with Crippen LogP contribution >= 0.6 is 0 Å². The third-order valence-corrected chi connectivity index (χ3v) is 2.22. The topological polar surface area (TPSA) is 60.8 Å². The molecule has 1 aromatic carbocycles. The van der Waals surface area contributed by atoms with Gasteiger partial charge in [-0.3, -0.25) is 0 Å². The Morgan fingerprint density at radius 2 is 2.00 bits per heavy atom. The van der Waals surface area contributed by atoms with E-state index in [4.69, 9.17) is 10.2 Å². The smallest absolute Gasteiger partial charge is 0.332 e. The SMILES string of the molecule is CN(CCC(O)C(=O)O)c1ccccc1. The summed E-state index contributed by atoms with van der Waals surface area (Å²) >= 11 is 0. The lowest BCUT2D eigenvalue weighted by atomic mass is 10.2. The number of rotatable bonds is 5. The summed E-state index contributed by atoms with van der Waals surface area (Å²) in [6, 6.07) is 9.63. The number of hydrogen-bond donors (Lipinski definition) is 2. The van der Waals surface area contributed by atoms with E-state index in [2.05, 4.69) is 0 Å². The standard InChI is InChI=1S/C11H15NO3/c1-12(8-7-10(13)11(14)15)9-5-3-2-4-6-9/h2-6,10,13H,7-8H2,1H3,(H,14,15). The van der Waals surface area contributed by atoms with Gasteiger partial charge in [-0.25, -0.2) is 4.79 Å². The number of nitrogens with zero attached hydrogens (tertiary/aromatic N) is 1. The van der Waals surface area contributed by atoms with Crippen molar-refractivity contribution in [1.29, 1.82) is 0 Å². The van der Waals surface area contributed by atoms with Crippen LogP contribution in [0.15, 0.2) is 30.3 Å². The van der Waals surface area contributed by atoms with Crippen LogP contribution in [0.5, 0.6) is 0 Å². The Labute approximate surface area is 88.8 Å². The van der Waals surface area contributed by atoms with E-state index in [0.29, 0.717) is 6.54 Å². The Morgan fingerprint density at radius 1 is 1.40 bits per heavy atom. The summed E-state index contributed by atoms with van der Waals surface area (Å²) in [5, 5.41) is 17.6. The first kappa shape index (κ1) is 11.5. The monoisotopic (exact) mass is 209 g/mol. The number of carboxylic acid groups (broad SMARTS) is 1.